The summed E-state index contributed by atoms with van der Waals surface area (Å²) in [7, 11) is 0. The smallest absolute Gasteiger partial charge is 0.312 e. The highest BCUT2D eigenvalue weighted by Gasteiger charge is 2.19. The molecule has 3 aromatic rings. The van der Waals surface area contributed by atoms with Crippen molar-refractivity contribution in [3.8, 4) is 16.6 Å². The third-order valence-electron chi connectivity index (χ3n) is 3.74. The van der Waals surface area contributed by atoms with Gasteiger partial charge in [0, 0.05) is 29.0 Å². The summed E-state index contributed by atoms with van der Waals surface area (Å²) in [4.78, 5) is 32.7. The molecule has 2 heterocycles. The number of thiazole rings is 1. The molecule has 1 N–H and O–H groups in total. The Bertz CT molecular complexity index is 1010. The highest BCUT2D eigenvalue weighted by atomic mass is 32.1. The number of benzene rings is 1. The van der Waals surface area contributed by atoms with Gasteiger partial charge in [0.1, 0.15) is 5.01 Å². The van der Waals surface area contributed by atoms with Crippen LogP contribution in [0.5, 0.6) is 0 Å². The number of carbonyl (C=O) groups is 2. The maximum Gasteiger partial charge on any atom is 0.312 e. The SMILES string of the molecule is C[C@@H](OC(=O)Cc1csc(-c2cccnc2)n1)C(=O)Nc1ccc(C#N)cc1. The van der Waals surface area contributed by atoms with Gasteiger partial charge in [0.25, 0.3) is 5.91 Å². The molecule has 1 aromatic carbocycles. The Kier molecular flexibility index (Phi) is 6.09. The maximum absolute atomic E-state index is 12.2. The molecule has 0 unspecified atom stereocenters. The van der Waals surface area contributed by atoms with E-state index in [-0.39, 0.29) is 6.42 Å². The van der Waals surface area contributed by atoms with Crippen molar-refractivity contribution in [2.45, 2.75) is 19.4 Å². The molecule has 0 saturated carbocycles. The quantitative estimate of drug-likeness (QED) is 0.646. The van der Waals surface area contributed by atoms with E-state index < -0.39 is 18.0 Å². The lowest BCUT2D eigenvalue weighted by Gasteiger charge is -2.13. The average molecular weight is 392 g/mol. The van der Waals surface area contributed by atoms with E-state index in [2.05, 4.69) is 15.3 Å². The van der Waals surface area contributed by atoms with Crippen molar-refractivity contribution in [2.75, 3.05) is 5.32 Å². The first kappa shape index (κ1) is 19.2. The summed E-state index contributed by atoms with van der Waals surface area (Å²) in [5, 5.41) is 14.0. The number of nitrogens with zero attached hydrogens (tertiary/aromatic N) is 3. The molecule has 140 valence electrons. The fraction of sp³-hybridized carbons (Fsp3) is 0.150. The molecule has 0 radical (unpaired) electrons. The van der Waals surface area contributed by atoms with Gasteiger partial charge < -0.3 is 10.1 Å². The van der Waals surface area contributed by atoms with Crippen molar-refractivity contribution < 1.29 is 14.3 Å². The first-order valence-electron chi connectivity index (χ1n) is 8.40. The van der Waals surface area contributed by atoms with Crippen LogP contribution in [-0.4, -0.2) is 27.9 Å². The minimum Gasteiger partial charge on any atom is -0.452 e. The number of nitrogens with one attached hydrogen (secondary N) is 1. The molecule has 3 rings (SSSR count). The van der Waals surface area contributed by atoms with Crippen molar-refractivity contribution in [2.24, 2.45) is 0 Å². The second-order valence-corrected chi connectivity index (χ2v) is 6.73. The van der Waals surface area contributed by atoms with Crippen molar-refractivity contribution >= 4 is 28.9 Å². The molecule has 0 bridgehead atoms. The van der Waals surface area contributed by atoms with E-state index in [4.69, 9.17) is 10.00 Å². The molecule has 0 spiro atoms. The standard InChI is InChI=1S/C20H16N4O3S/c1-13(19(26)23-16-6-4-14(10-21)5-7-16)27-18(25)9-17-12-28-20(24-17)15-3-2-8-22-11-15/h2-8,11-13H,9H2,1H3,(H,23,26)/t13-/m1/s1. The average Bonchev–Trinajstić information content (AvgIpc) is 3.17. The molecular formula is C20H16N4O3S. The van der Waals surface area contributed by atoms with Crippen LogP contribution in [0, 0.1) is 11.3 Å². The minimum atomic E-state index is -0.959. The fourth-order valence-electron chi connectivity index (χ4n) is 2.32. The predicted octanol–water partition coefficient (Wildman–Crippen LogP) is 3.19. The maximum atomic E-state index is 12.2. The van der Waals surface area contributed by atoms with Crippen molar-refractivity contribution in [1.82, 2.24) is 9.97 Å². The largest absolute Gasteiger partial charge is 0.452 e. The molecule has 1 atom stereocenters. The second kappa shape index (κ2) is 8.88. The number of hydrogen-bond acceptors (Lipinski definition) is 7. The molecule has 0 saturated heterocycles. The van der Waals surface area contributed by atoms with Crippen molar-refractivity contribution in [1.29, 1.82) is 5.26 Å². The number of rotatable bonds is 6. The van der Waals surface area contributed by atoms with Crippen LogP contribution >= 0.6 is 11.3 Å². The van der Waals surface area contributed by atoms with Gasteiger partial charge in [-0.1, -0.05) is 0 Å². The Labute approximate surface area is 165 Å². The molecule has 0 aliphatic heterocycles. The van der Waals surface area contributed by atoms with Crippen LogP contribution in [0.15, 0.2) is 54.2 Å². The third kappa shape index (κ3) is 4.99. The molecule has 0 aliphatic rings. The highest BCUT2D eigenvalue weighted by molar-refractivity contribution is 7.13. The van der Waals surface area contributed by atoms with Gasteiger partial charge in [0.15, 0.2) is 6.10 Å². The van der Waals surface area contributed by atoms with E-state index >= 15 is 0 Å². The molecule has 8 heteroatoms. The summed E-state index contributed by atoms with van der Waals surface area (Å²) in [5.41, 5.74) is 2.47. The number of amides is 1. The van der Waals surface area contributed by atoms with Gasteiger partial charge in [0.2, 0.25) is 0 Å². The Morgan fingerprint density at radius 3 is 2.75 bits per heavy atom. The van der Waals surface area contributed by atoms with Gasteiger partial charge in [-0.2, -0.15) is 5.26 Å². The lowest BCUT2D eigenvalue weighted by Crippen LogP contribution is -2.30. The summed E-state index contributed by atoms with van der Waals surface area (Å²) in [6.07, 6.45) is 2.40. The Balaban J connectivity index is 1.53. The summed E-state index contributed by atoms with van der Waals surface area (Å²) in [6, 6.07) is 12.1. The molecular weight excluding hydrogens is 376 g/mol. The second-order valence-electron chi connectivity index (χ2n) is 5.87. The number of anilines is 1. The van der Waals surface area contributed by atoms with Gasteiger partial charge in [-0.15, -0.1) is 11.3 Å². The van der Waals surface area contributed by atoms with E-state index in [1.807, 2.05) is 18.2 Å². The normalized spacial score (nSPS) is 11.3. The van der Waals surface area contributed by atoms with Crippen LogP contribution in [0.3, 0.4) is 0 Å². The summed E-state index contributed by atoms with van der Waals surface area (Å²) < 4.78 is 5.20. The zero-order valence-electron chi connectivity index (χ0n) is 15.0. The van der Waals surface area contributed by atoms with E-state index in [9.17, 15) is 9.59 Å². The molecule has 0 aliphatic carbocycles. The van der Waals surface area contributed by atoms with Gasteiger partial charge in [-0.3, -0.25) is 14.6 Å². The Morgan fingerprint density at radius 2 is 2.07 bits per heavy atom. The molecule has 7 nitrogen and oxygen atoms in total. The molecule has 0 fully saturated rings. The van der Waals surface area contributed by atoms with Gasteiger partial charge in [-0.05, 0) is 43.3 Å². The molecule has 1 amide bonds. The van der Waals surface area contributed by atoms with Crippen molar-refractivity contribution in [3.05, 3.63) is 65.4 Å². The van der Waals surface area contributed by atoms with Crippen LogP contribution in [0.25, 0.3) is 10.6 Å². The number of aromatic nitrogens is 2. The summed E-state index contributed by atoms with van der Waals surface area (Å²) in [6.45, 7) is 1.50. The third-order valence-corrected chi connectivity index (χ3v) is 4.68. The zero-order chi connectivity index (χ0) is 19.9. The van der Waals surface area contributed by atoms with Gasteiger partial charge >= 0.3 is 5.97 Å². The topological polar surface area (TPSA) is 105 Å². The first-order valence-corrected chi connectivity index (χ1v) is 9.28. The number of esters is 1. The first-order chi connectivity index (χ1) is 13.5. The van der Waals surface area contributed by atoms with Crippen LogP contribution in [0.4, 0.5) is 5.69 Å². The van der Waals surface area contributed by atoms with E-state index in [0.29, 0.717) is 16.9 Å². The summed E-state index contributed by atoms with van der Waals surface area (Å²) in [5.74, 6) is -0.988. The van der Waals surface area contributed by atoms with E-state index in [1.165, 1.54) is 18.3 Å². The molecule has 28 heavy (non-hydrogen) atoms. The number of carbonyl (C=O) groups excluding carboxylic acids is 2. The van der Waals surface area contributed by atoms with E-state index in [1.54, 1.807) is 42.0 Å². The van der Waals surface area contributed by atoms with Crippen LogP contribution in [0.2, 0.25) is 0 Å². The number of pyridine rings is 1. The van der Waals surface area contributed by atoms with Gasteiger partial charge in [0.05, 0.1) is 23.7 Å². The number of nitriles is 1. The fourth-order valence-corrected chi connectivity index (χ4v) is 3.13. The monoisotopic (exact) mass is 392 g/mol. The van der Waals surface area contributed by atoms with Crippen molar-refractivity contribution in [3.63, 3.8) is 0 Å². The lowest BCUT2D eigenvalue weighted by atomic mass is 10.2. The van der Waals surface area contributed by atoms with Gasteiger partial charge in [-0.25, -0.2) is 4.98 Å². The van der Waals surface area contributed by atoms with Crippen LogP contribution in [-0.2, 0) is 20.7 Å². The lowest BCUT2D eigenvalue weighted by molar-refractivity contribution is -0.152. The highest BCUT2D eigenvalue weighted by Crippen LogP contribution is 2.23. The number of hydrogen-bond donors (Lipinski definition) is 1. The predicted molar refractivity (Wildman–Crippen MR) is 104 cm³/mol. The Morgan fingerprint density at radius 1 is 1.29 bits per heavy atom. The number of ether oxygens (including phenoxy) is 1. The zero-order valence-corrected chi connectivity index (χ0v) is 15.8. The Hall–Kier alpha value is -3.57. The molecule has 2 aromatic heterocycles. The summed E-state index contributed by atoms with van der Waals surface area (Å²) >= 11 is 1.41. The minimum absolute atomic E-state index is 0.0226. The van der Waals surface area contributed by atoms with E-state index in [0.717, 1.165) is 10.6 Å². The van der Waals surface area contributed by atoms with Crippen LogP contribution < -0.4 is 5.32 Å². The van der Waals surface area contributed by atoms with Crippen LogP contribution in [0.1, 0.15) is 18.2 Å².